The van der Waals surface area contributed by atoms with Crippen LogP contribution < -0.4 is 10.6 Å². The summed E-state index contributed by atoms with van der Waals surface area (Å²) < 4.78 is 0. The molecule has 1 aromatic rings. The zero-order chi connectivity index (χ0) is 12.0. The van der Waals surface area contributed by atoms with E-state index in [1.165, 1.54) is 0 Å². The first-order chi connectivity index (χ1) is 7.65. The number of likely N-dealkylation sites (N-methyl/N-ethyl adjacent to an activating group) is 1. The summed E-state index contributed by atoms with van der Waals surface area (Å²) in [6.45, 7) is 0.879. The van der Waals surface area contributed by atoms with E-state index in [1.54, 1.807) is 13.1 Å². The zero-order valence-corrected chi connectivity index (χ0v) is 11.8. The molecule has 96 valence electrons. The van der Waals surface area contributed by atoms with Crippen LogP contribution in [0.15, 0.2) is 18.2 Å². The maximum Gasteiger partial charge on any atom is 0.233 e. The Kier molecular flexibility index (Phi) is 8.35. The van der Waals surface area contributed by atoms with E-state index in [9.17, 15) is 4.79 Å². The van der Waals surface area contributed by atoms with Crippen LogP contribution in [0, 0.1) is 0 Å². The van der Waals surface area contributed by atoms with Gasteiger partial charge in [0.05, 0.1) is 16.6 Å². The van der Waals surface area contributed by atoms with Gasteiger partial charge in [-0.3, -0.25) is 4.79 Å². The molecule has 0 saturated heterocycles. The fourth-order valence-electron chi connectivity index (χ4n) is 1.30. The first-order valence-corrected chi connectivity index (χ1v) is 5.75. The van der Waals surface area contributed by atoms with Gasteiger partial charge in [0.25, 0.3) is 0 Å². The molecule has 0 bridgehead atoms. The number of hydrogen-bond acceptors (Lipinski definition) is 2. The Morgan fingerprint density at radius 3 is 2.71 bits per heavy atom. The molecule has 0 saturated carbocycles. The molecule has 6 heteroatoms. The van der Waals surface area contributed by atoms with Gasteiger partial charge in [-0.2, -0.15) is 0 Å². The maximum absolute atomic E-state index is 11.2. The SMILES string of the molecule is CNCC(=O)NCCc1cccc(Cl)c1Cl.Cl. The number of halogens is 3. The second kappa shape index (κ2) is 8.59. The number of carbonyl (C=O) groups excluding carboxylic acids is 1. The highest BCUT2D eigenvalue weighted by Crippen LogP contribution is 2.25. The topological polar surface area (TPSA) is 41.1 Å². The normalized spacial score (nSPS) is 9.59. The second-order valence-corrected chi connectivity index (χ2v) is 4.13. The molecule has 0 aliphatic heterocycles. The van der Waals surface area contributed by atoms with E-state index < -0.39 is 0 Å². The van der Waals surface area contributed by atoms with E-state index in [0.29, 0.717) is 29.6 Å². The standard InChI is InChI=1S/C11H14Cl2N2O.ClH/c1-14-7-10(16)15-6-5-8-3-2-4-9(12)11(8)13;/h2-4,14H,5-7H2,1H3,(H,15,16);1H. The Morgan fingerprint density at radius 2 is 2.06 bits per heavy atom. The largest absolute Gasteiger partial charge is 0.355 e. The van der Waals surface area contributed by atoms with Crippen molar-refractivity contribution >= 4 is 41.5 Å². The van der Waals surface area contributed by atoms with Crippen LogP contribution in [0.2, 0.25) is 10.0 Å². The van der Waals surface area contributed by atoms with Gasteiger partial charge in [0.2, 0.25) is 5.91 Å². The van der Waals surface area contributed by atoms with E-state index in [-0.39, 0.29) is 18.3 Å². The molecule has 1 aromatic carbocycles. The maximum atomic E-state index is 11.2. The fourth-order valence-corrected chi connectivity index (χ4v) is 1.72. The Morgan fingerprint density at radius 1 is 1.35 bits per heavy atom. The number of amides is 1. The van der Waals surface area contributed by atoms with Gasteiger partial charge in [-0.15, -0.1) is 12.4 Å². The summed E-state index contributed by atoms with van der Waals surface area (Å²) in [6, 6.07) is 5.49. The molecule has 0 radical (unpaired) electrons. The van der Waals surface area contributed by atoms with Gasteiger partial charge < -0.3 is 10.6 Å². The number of benzene rings is 1. The van der Waals surface area contributed by atoms with E-state index in [0.717, 1.165) is 5.56 Å². The van der Waals surface area contributed by atoms with Crippen molar-refractivity contribution in [3.05, 3.63) is 33.8 Å². The summed E-state index contributed by atoms with van der Waals surface area (Å²) in [5.74, 6) is -0.0272. The molecule has 1 rings (SSSR count). The van der Waals surface area contributed by atoms with E-state index in [4.69, 9.17) is 23.2 Å². The molecule has 0 aliphatic carbocycles. The van der Waals surface area contributed by atoms with Gasteiger partial charge in [0.1, 0.15) is 0 Å². The lowest BCUT2D eigenvalue weighted by Gasteiger charge is -2.07. The molecule has 0 aliphatic rings. The summed E-state index contributed by atoms with van der Waals surface area (Å²) in [5.41, 5.74) is 0.943. The van der Waals surface area contributed by atoms with Gasteiger partial charge in [0, 0.05) is 6.54 Å². The highest BCUT2D eigenvalue weighted by atomic mass is 35.5. The first kappa shape index (κ1) is 16.5. The molecule has 0 spiro atoms. The molecule has 1 amide bonds. The predicted octanol–water partition coefficient (Wildman–Crippen LogP) is 2.29. The van der Waals surface area contributed by atoms with Crippen molar-refractivity contribution in [1.82, 2.24) is 10.6 Å². The third kappa shape index (κ3) is 5.59. The number of rotatable bonds is 5. The summed E-state index contributed by atoms with van der Waals surface area (Å²) in [6.07, 6.45) is 0.675. The van der Waals surface area contributed by atoms with Crippen molar-refractivity contribution in [2.75, 3.05) is 20.1 Å². The highest BCUT2D eigenvalue weighted by molar-refractivity contribution is 6.42. The molecule has 0 fully saturated rings. The Labute approximate surface area is 117 Å². The minimum Gasteiger partial charge on any atom is -0.355 e. The molecule has 17 heavy (non-hydrogen) atoms. The third-order valence-electron chi connectivity index (χ3n) is 2.09. The van der Waals surface area contributed by atoms with E-state index in [1.807, 2.05) is 12.1 Å². The van der Waals surface area contributed by atoms with Crippen LogP contribution >= 0.6 is 35.6 Å². The Balaban J connectivity index is 0.00000256. The summed E-state index contributed by atoms with van der Waals surface area (Å²) in [4.78, 5) is 11.2. The molecule has 0 unspecified atom stereocenters. The lowest BCUT2D eigenvalue weighted by Crippen LogP contribution is -2.33. The molecule has 0 aromatic heterocycles. The van der Waals surface area contributed by atoms with Gasteiger partial charge >= 0.3 is 0 Å². The van der Waals surface area contributed by atoms with Crippen LogP contribution in [0.25, 0.3) is 0 Å². The van der Waals surface area contributed by atoms with Crippen molar-refractivity contribution in [2.24, 2.45) is 0 Å². The van der Waals surface area contributed by atoms with Crippen molar-refractivity contribution < 1.29 is 4.79 Å². The van der Waals surface area contributed by atoms with Crippen LogP contribution in [-0.4, -0.2) is 26.0 Å². The van der Waals surface area contributed by atoms with Crippen molar-refractivity contribution in [1.29, 1.82) is 0 Å². The minimum atomic E-state index is -0.0272. The van der Waals surface area contributed by atoms with Crippen LogP contribution in [0.3, 0.4) is 0 Å². The van der Waals surface area contributed by atoms with Crippen molar-refractivity contribution in [3.63, 3.8) is 0 Å². The summed E-state index contributed by atoms with van der Waals surface area (Å²) in [5, 5.41) is 6.66. The number of carbonyl (C=O) groups is 1. The number of nitrogens with one attached hydrogen (secondary N) is 2. The lowest BCUT2D eigenvalue weighted by molar-refractivity contribution is -0.120. The summed E-state index contributed by atoms with van der Waals surface area (Å²) >= 11 is 11.9. The smallest absolute Gasteiger partial charge is 0.233 e. The molecule has 2 N–H and O–H groups in total. The third-order valence-corrected chi connectivity index (χ3v) is 2.94. The average molecular weight is 298 g/mol. The molecule has 3 nitrogen and oxygen atoms in total. The van der Waals surface area contributed by atoms with Crippen molar-refractivity contribution in [2.45, 2.75) is 6.42 Å². The number of hydrogen-bond donors (Lipinski definition) is 2. The minimum absolute atomic E-state index is 0. The van der Waals surface area contributed by atoms with Crippen LogP contribution in [0.4, 0.5) is 0 Å². The molecular formula is C11H15Cl3N2O. The van der Waals surface area contributed by atoms with Gasteiger partial charge in [-0.05, 0) is 25.1 Å². The van der Waals surface area contributed by atoms with Crippen LogP contribution in [-0.2, 0) is 11.2 Å². The fraction of sp³-hybridized carbons (Fsp3) is 0.364. The van der Waals surface area contributed by atoms with Gasteiger partial charge in [-0.1, -0.05) is 35.3 Å². The molecule has 0 heterocycles. The zero-order valence-electron chi connectivity index (χ0n) is 9.43. The summed E-state index contributed by atoms with van der Waals surface area (Å²) in [7, 11) is 1.73. The quantitative estimate of drug-likeness (QED) is 0.875. The average Bonchev–Trinajstić information content (AvgIpc) is 2.25. The predicted molar refractivity (Wildman–Crippen MR) is 74.4 cm³/mol. The monoisotopic (exact) mass is 296 g/mol. The van der Waals surface area contributed by atoms with Gasteiger partial charge in [-0.25, -0.2) is 0 Å². The lowest BCUT2D eigenvalue weighted by atomic mass is 10.1. The first-order valence-electron chi connectivity index (χ1n) is 4.99. The van der Waals surface area contributed by atoms with Gasteiger partial charge in [0.15, 0.2) is 0 Å². The van der Waals surface area contributed by atoms with Crippen LogP contribution in [0.1, 0.15) is 5.56 Å². The second-order valence-electron chi connectivity index (χ2n) is 3.34. The van der Waals surface area contributed by atoms with E-state index in [2.05, 4.69) is 10.6 Å². The van der Waals surface area contributed by atoms with E-state index >= 15 is 0 Å². The van der Waals surface area contributed by atoms with Crippen molar-refractivity contribution in [3.8, 4) is 0 Å². The molecule has 0 atom stereocenters. The Bertz CT molecular complexity index is 372. The Hall–Kier alpha value is -0.480. The van der Waals surface area contributed by atoms with Crippen LogP contribution in [0.5, 0.6) is 0 Å². The molecular weight excluding hydrogens is 282 g/mol. The highest BCUT2D eigenvalue weighted by Gasteiger charge is 2.04.